The zero-order valence-corrected chi connectivity index (χ0v) is 21.5. The summed E-state index contributed by atoms with van der Waals surface area (Å²) in [6, 6.07) is 23.0. The molecule has 3 aromatic rings. The number of piperidine rings is 1. The molecule has 1 aliphatic rings. The fourth-order valence-electron chi connectivity index (χ4n) is 5.00. The summed E-state index contributed by atoms with van der Waals surface area (Å²) in [4.78, 5) is 16.4. The molecule has 1 fully saturated rings. The first kappa shape index (κ1) is 25.9. The van der Waals surface area contributed by atoms with Crippen molar-refractivity contribution in [3.63, 3.8) is 0 Å². The summed E-state index contributed by atoms with van der Waals surface area (Å²) < 4.78 is 5.96. The van der Waals surface area contributed by atoms with Crippen molar-refractivity contribution >= 4 is 22.8 Å². The van der Waals surface area contributed by atoms with E-state index >= 15 is 0 Å². The van der Waals surface area contributed by atoms with Crippen molar-refractivity contribution in [3.8, 4) is 5.75 Å². The molecular formula is C31H38N2O3. The number of hydrogen-bond acceptors (Lipinski definition) is 4. The number of benzene rings is 3. The van der Waals surface area contributed by atoms with Gasteiger partial charge < -0.3 is 19.6 Å². The van der Waals surface area contributed by atoms with Gasteiger partial charge in [-0.05, 0) is 74.2 Å². The molecule has 190 valence electrons. The molecule has 1 amide bonds. The minimum Gasteiger partial charge on any atom is -0.490 e. The Bertz CT molecular complexity index is 1160. The summed E-state index contributed by atoms with van der Waals surface area (Å²) in [5.74, 6) is 1.23. The van der Waals surface area contributed by atoms with Crippen molar-refractivity contribution in [2.75, 3.05) is 39.3 Å². The van der Waals surface area contributed by atoms with E-state index < -0.39 is 6.10 Å². The molecule has 0 bridgehead atoms. The lowest BCUT2D eigenvalue weighted by Gasteiger charge is -2.33. The zero-order chi connectivity index (χ0) is 25.3. The SMILES string of the molecule is CCN(CC)C(=O)C=Cc1ccccc1OC[C@H](O)CN1CCC(c2ccc3ccccc3c2)CC1. The number of likely N-dealkylation sites (N-methyl/N-ethyl adjacent to an activating group) is 1. The number of nitrogens with zero attached hydrogens (tertiary/aromatic N) is 2. The van der Waals surface area contributed by atoms with Crippen LogP contribution in [0.1, 0.15) is 43.7 Å². The van der Waals surface area contributed by atoms with Crippen LogP contribution in [-0.2, 0) is 4.79 Å². The number of aliphatic hydroxyl groups excluding tert-OH is 1. The Morgan fingerprint density at radius 2 is 1.72 bits per heavy atom. The molecule has 0 aromatic heterocycles. The molecular weight excluding hydrogens is 448 g/mol. The molecule has 1 saturated heterocycles. The van der Waals surface area contributed by atoms with Gasteiger partial charge in [0.25, 0.3) is 0 Å². The minimum atomic E-state index is -0.573. The molecule has 5 heteroatoms. The molecule has 4 rings (SSSR count). The minimum absolute atomic E-state index is 0.0121. The maximum absolute atomic E-state index is 12.3. The average Bonchev–Trinajstić information content (AvgIpc) is 2.92. The molecule has 1 aliphatic heterocycles. The first-order valence-corrected chi connectivity index (χ1v) is 13.1. The Hall–Kier alpha value is -3.15. The largest absolute Gasteiger partial charge is 0.490 e. The number of β-amino-alcohol motifs (C(OH)–C–C–N with tert-alkyl or cyclic N) is 1. The summed E-state index contributed by atoms with van der Waals surface area (Å²) >= 11 is 0. The first-order chi connectivity index (χ1) is 17.6. The van der Waals surface area contributed by atoms with Crippen molar-refractivity contribution in [2.45, 2.75) is 38.7 Å². The summed E-state index contributed by atoms with van der Waals surface area (Å²) in [7, 11) is 0. The van der Waals surface area contributed by atoms with E-state index in [2.05, 4.69) is 47.4 Å². The third-order valence-electron chi connectivity index (χ3n) is 7.13. The van der Waals surface area contributed by atoms with Crippen LogP contribution in [0.15, 0.2) is 72.8 Å². The number of ether oxygens (including phenoxy) is 1. The Morgan fingerprint density at radius 3 is 2.47 bits per heavy atom. The second-order valence-electron chi connectivity index (χ2n) is 9.53. The molecule has 0 unspecified atom stereocenters. The Balaban J connectivity index is 1.26. The van der Waals surface area contributed by atoms with E-state index in [1.54, 1.807) is 17.1 Å². The molecule has 3 aromatic carbocycles. The van der Waals surface area contributed by atoms with Crippen molar-refractivity contribution in [2.24, 2.45) is 0 Å². The number of hydrogen-bond donors (Lipinski definition) is 1. The van der Waals surface area contributed by atoms with Gasteiger partial charge in [0.1, 0.15) is 18.5 Å². The highest BCUT2D eigenvalue weighted by Gasteiger charge is 2.22. The molecule has 0 radical (unpaired) electrons. The van der Waals surface area contributed by atoms with Crippen molar-refractivity contribution in [1.82, 2.24) is 9.80 Å². The van der Waals surface area contributed by atoms with E-state index in [1.807, 2.05) is 38.1 Å². The monoisotopic (exact) mass is 486 g/mol. The number of rotatable bonds is 10. The Morgan fingerprint density at radius 1 is 1.03 bits per heavy atom. The zero-order valence-electron chi connectivity index (χ0n) is 21.5. The van der Waals surface area contributed by atoms with E-state index in [9.17, 15) is 9.90 Å². The first-order valence-electron chi connectivity index (χ1n) is 13.1. The van der Waals surface area contributed by atoms with Gasteiger partial charge in [-0.2, -0.15) is 0 Å². The van der Waals surface area contributed by atoms with Gasteiger partial charge in [-0.15, -0.1) is 0 Å². The van der Waals surface area contributed by atoms with Crippen molar-refractivity contribution < 1.29 is 14.6 Å². The molecule has 36 heavy (non-hydrogen) atoms. The van der Waals surface area contributed by atoms with Crippen LogP contribution in [0.3, 0.4) is 0 Å². The quantitative estimate of drug-likeness (QED) is 0.393. The van der Waals surface area contributed by atoms with Gasteiger partial charge in [-0.1, -0.05) is 60.7 Å². The van der Waals surface area contributed by atoms with E-state index in [-0.39, 0.29) is 12.5 Å². The lowest BCUT2D eigenvalue weighted by atomic mass is 9.88. The van der Waals surface area contributed by atoms with Crippen LogP contribution < -0.4 is 4.74 Å². The van der Waals surface area contributed by atoms with Crippen LogP contribution in [0, 0.1) is 0 Å². The van der Waals surface area contributed by atoms with Gasteiger partial charge in [-0.25, -0.2) is 0 Å². The lowest BCUT2D eigenvalue weighted by Crippen LogP contribution is -2.40. The number of carbonyl (C=O) groups is 1. The highest BCUT2D eigenvalue weighted by atomic mass is 16.5. The second-order valence-corrected chi connectivity index (χ2v) is 9.53. The average molecular weight is 487 g/mol. The second kappa shape index (κ2) is 12.7. The van der Waals surface area contributed by atoms with Crippen LogP contribution >= 0.6 is 0 Å². The number of aliphatic hydroxyl groups is 1. The summed E-state index contributed by atoms with van der Waals surface area (Å²) in [6.07, 6.45) is 5.00. The van der Waals surface area contributed by atoms with Crippen LogP contribution in [0.2, 0.25) is 0 Å². The number of carbonyl (C=O) groups excluding carboxylic acids is 1. The number of fused-ring (bicyclic) bond motifs is 1. The fraction of sp³-hybridized carbons (Fsp3) is 0.387. The number of amides is 1. The van der Waals surface area contributed by atoms with E-state index in [1.165, 1.54) is 16.3 Å². The molecule has 0 spiro atoms. The normalized spacial score (nSPS) is 15.9. The van der Waals surface area contributed by atoms with Gasteiger partial charge in [0.2, 0.25) is 5.91 Å². The predicted molar refractivity (Wildman–Crippen MR) is 147 cm³/mol. The predicted octanol–water partition coefficient (Wildman–Crippen LogP) is 5.34. The fourth-order valence-corrected chi connectivity index (χ4v) is 5.00. The standard InChI is InChI=1S/C31H38N2O3/c1-3-33(4-2)31(35)16-15-26-10-7-8-12-30(26)36-23-29(34)22-32-19-17-25(18-20-32)28-14-13-24-9-5-6-11-27(24)21-28/h5-16,21,25,29,34H,3-4,17-20,22-23H2,1-2H3/t29-/m1/s1. The Labute approximate surface area is 215 Å². The maximum Gasteiger partial charge on any atom is 0.246 e. The van der Waals surface area contributed by atoms with Crippen LogP contribution in [0.25, 0.3) is 16.8 Å². The molecule has 1 atom stereocenters. The highest BCUT2D eigenvalue weighted by molar-refractivity contribution is 5.92. The maximum atomic E-state index is 12.3. The van der Waals surface area contributed by atoms with Gasteiger partial charge >= 0.3 is 0 Å². The van der Waals surface area contributed by atoms with Crippen molar-refractivity contribution in [1.29, 1.82) is 0 Å². The smallest absolute Gasteiger partial charge is 0.246 e. The summed E-state index contributed by atoms with van der Waals surface area (Å²) in [5.41, 5.74) is 2.25. The number of para-hydroxylation sites is 1. The third-order valence-corrected chi connectivity index (χ3v) is 7.13. The van der Waals surface area contributed by atoms with Gasteiger partial charge in [0.05, 0.1) is 0 Å². The summed E-state index contributed by atoms with van der Waals surface area (Å²) in [5, 5.41) is 13.3. The van der Waals surface area contributed by atoms with Crippen LogP contribution in [-0.4, -0.2) is 66.2 Å². The highest BCUT2D eigenvalue weighted by Crippen LogP contribution is 2.30. The lowest BCUT2D eigenvalue weighted by molar-refractivity contribution is -0.125. The van der Waals surface area contributed by atoms with Crippen LogP contribution in [0.5, 0.6) is 5.75 Å². The molecule has 0 saturated carbocycles. The van der Waals surface area contributed by atoms with Crippen LogP contribution in [0.4, 0.5) is 0 Å². The molecule has 1 N–H and O–H groups in total. The molecule has 5 nitrogen and oxygen atoms in total. The number of likely N-dealkylation sites (tertiary alicyclic amines) is 1. The van der Waals surface area contributed by atoms with E-state index in [0.29, 0.717) is 31.3 Å². The topological polar surface area (TPSA) is 53.0 Å². The third kappa shape index (κ3) is 6.74. The van der Waals surface area contributed by atoms with Gasteiger partial charge in [0.15, 0.2) is 0 Å². The van der Waals surface area contributed by atoms with Gasteiger partial charge in [-0.3, -0.25) is 4.79 Å². The van der Waals surface area contributed by atoms with E-state index in [4.69, 9.17) is 4.74 Å². The van der Waals surface area contributed by atoms with Gasteiger partial charge in [0, 0.05) is 31.3 Å². The molecule has 0 aliphatic carbocycles. The summed E-state index contributed by atoms with van der Waals surface area (Å²) in [6.45, 7) is 8.08. The Kier molecular flexibility index (Phi) is 9.15. The van der Waals surface area contributed by atoms with E-state index in [0.717, 1.165) is 31.5 Å². The van der Waals surface area contributed by atoms with Crippen molar-refractivity contribution in [3.05, 3.63) is 83.9 Å². The molecule has 1 heterocycles.